The highest BCUT2D eigenvalue weighted by atomic mass is 15.3. The van der Waals surface area contributed by atoms with Crippen molar-refractivity contribution in [3.05, 3.63) is 35.4 Å². The van der Waals surface area contributed by atoms with Crippen molar-refractivity contribution >= 4 is 6.21 Å². The molecule has 1 atom stereocenters. The monoisotopic (exact) mass is 188 g/mol. The summed E-state index contributed by atoms with van der Waals surface area (Å²) in [5.74, 6) is 0.689. The van der Waals surface area contributed by atoms with Crippen LogP contribution in [0.1, 0.15) is 37.4 Å². The Labute approximate surface area is 85.0 Å². The third-order valence-corrected chi connectivity index (χ3v) is 2.51. The molecule has 0 bridgehead atoms. The number of benzene rings is 1. The Bertz CT molecular complexity index is 342. The molecule has 74 valence electrons. The van der Waals surface area contributed by atoms with Gasteiger partial charge < -0.3 is 5.43 Å². The van der Waals surface area contributed by atoms with Crippen LogP contribution >= 0.6 is 0 Å². The van der Waals surface area contributed by atoms with E-state index >= 15 is 0 Å². The van der Waals surface area contributed by atoms with E-state index in [2.05, 4.69) is 48.6 Å². The number of nitrogens with one attached hydrogen (secondary N) is 1. The van der Waals surface area contributed by atoms with E-state index in [1.807, 2.05) is 6.21 Å². The minimum absolute atomic E-state index is 0.385. The highest BCUT2D eigenvalue weighted by molar-refractivity contribution is 5.82. The molecule has 0 saturated carbocycles. The Kier molecular flexibility index (Phi) is 2.53. The van der Waals surface area contributed by atoms with E-state index in [0.29, 0.717) is 12.0 Å². The molecule has 0 radical (unpaired) electrons. The maximum Gasteiger partial charge on any atom is 0.0698 e. The lowest BCUT2D eigenvalue weighted by Gasteiger charge is -2.23. The molecular weight excluding hydrogens is 172 g/mol. The average molecular weight is 188 g/mol. The molecule has 0 aliphatic carbocycles. The van der Waals surface area contributed by atoms with Crippen molar-refractivity contribution in [1.82, 2.24) is 5.43 Å². The summed E-state index contributed by atoms with van der Waals surface area (Å²) >= 11 is 0. The minimum Gasteiger partial charge on any atom is -0.303 e. The number of hydrogen-bond donors (Lipinski definition) is 1. The Hall–Kier alpha value is -1.31. The van der Waals surface area contributed by atoms with Gasteiger partial charge in [0.1, 0.15) is 0 Å². The first-order valence-electron chi connectivity index (χ1n) is 5.15. The van der Waals surface area contributed by atoms with Crippen molar-refractivity contribution in [1.29, 1.82) is 0 Å². The van der Waals surface area contributed by atoms with E-state index in [1.54, 1.807) is 0 Å². The second-order valence-corrected chi connectivity index (χ2v) is 4.20. The number of fused-ring (bicyclic) bond motifs is 1. The second kappa shape index (κ2) is 3.82. The topological polar surface area (TPSA) is 24.4 Å². The van der Waals surface area contributed by atoms with Crippen LogP contribution in [-0.2, 0) is 0 Å². The van der Waals surface area contributed by atoms with Crippen molar-refractivity contribution < 1.29 is 0 Å². The minimum atomic E-state index is 0.385. The van der Waals surface area contributed by atoms with Crippen LogP contribution in [0.3, 0.4) is 0 Å². The Balaban J connectivity index is 2.27. The smallest absolute Gasteiger partial charge is 0.0698 e. The maximum absolute atomic E-state index is 4.18. The molecule has 2 rings (SSSR count). The quantitative estimate of drug-likeness (QED) is 0.758. The lowest BCUT2D eigenvalue weighted by Crippen LogP contribution is -2.22. The van der Waals surface area contributed by atoms with Gasteiger partial charge in [0.05, 0.1) is 12.3 Å². The summed E-state index contributed by atoms with van der Waals surface area (Å²) in [5, 5.41) is 4.18. The zero-order valence-corrected chi connectivity index (χ0v) is 8.70. The Morgan fingerprint density at radius 1 is 1.36 bits per heavy atom. The van der Waals surface area contributed by atoms with Gasteiger partial charge in [0, 0.05) is 0 Å². The number of hydrogen-bond acceptors (Lipinski definition) is 2. The molecule has 1 aliphatic heterocycles. The normalized spacial score (nSPS) is 19.2. The van der Waals surface area contributed by atoms with E-state index in [4.69, 9.17) is 0 Å². The van der Waals surface area contributed by atoms with Gasteiger partial charge in [-0.1, -0.05) is 38.1 Å². The van der Waals surface area contributed by atoms with Gasteiger partial charge in [-0.25, -0.2) is 0 Å². The summed E-state index contributed by atoms with van der Waals surface area (Å²) in [5.41, 5.74) is 5.79. The van der Waals surface area contributed by atoms with Crippen molar-refractivity contribution in [2.24, 2.45) is 11.0 Å². The summed E-state index contributed by atoms with van der Waals surface area (Å²) in [6, 6.07) is 8.83. The van der Waals surface area contributed by atoms with Crippen LogP contribution in [-0.4, -0.2) is 6.21 Å². The fourth-order valence-electron chi connectivity index (χ4n) is 1.86. The van der Waals surface area contributed by atoms with Crippen molar-refractivity contribution in [3.63, 3.8) is 0 Å². The second-order valence-electron chi connectivity index (χ2n) is 4.20. The lowest BCUT2D eigenvalue weighted by molar-refractivity contribution is 0.436. The third-order valence-electron chi connectivity index (χ3n) is 2.51. The van der Waals surface area contributed by atoms with Gasteiger partial charge in [-0.15, -0.1) is 0 Å². The fraction of sp³-hybridized carbons (Fsp3) is 0.417. The number of nitrogens with zero attached hydrogens (tertiary/aromatic N) is 1. The first-order valence-corrected chi connectivity index (χ1v) is 5.15. The molecule has 0 spiro atoms. The summed E-state index contributed by atoms with van der Waals surface area (Å²) in [4.78, 5) is 0. The van der Waals surface area contributed by atoms with Crippen LogP contribution in [0, 0.1) is 5.92 Å². The summed E-state index contributed by atoms with van der Waals surface area (Å²) in [6.07, 6.45) is 3.03. The molecule has 1 heterocycles. The van der Waals surface area contributed by atoms with E-state index in [0.717, 1.165) is 6.42 Å². The molecule has 1 aliphatic rings. The molecule has 0 fully saturated rings. The predicted molar refractivity (Wildman–Crippen MR) is 59.4 cm³/mol. The van der Waals surface area contributed by atoms with Crippen LogP contribution in [0.15, 0.2) is 29.4 Å². The van der Waals surface area contributed by atoms with Crippen LogP contribution in [0.5, 0.6) is 0 Å². The first kappa shape index (κ1) is 9.25. The number of hydrazone groups is 1. The van der Waals surface area contributed by atoms with Crippen LogP contribution in [0.2, 0.25) is 0 Å². The molecule has 2 heteroatoms. The van der Waals surface area contributed by atoms with Gasteiger partial charge in [0.2, 0.25) is 0 Å². The van der Waals surface area contributed by atoms with Crippen LogP contribution in [0.4, 0.5) is 0 Å². The van der Waals surface area contributed by atoms with Crippen molar-refractivity contribution in [2.75, 3.05) is 0 Å². The molecule has 0 saturated heterocycles. The average Bonchev–Trinajstić information content (AvgIpc) is 2.18. The highest BCUT2D eigenvalue weighted by Gasteiger charge is 2.17. The first-order chi connectivity index (χ1) is 6.77. The van der Waals surface area contributed by atoms with Crippen molar-refractivity contribution in [2.45, 2.75) is 26.3 Å². The molecule has 14 heavy (non-hydrogen) atoms. The largest absolute Gasteiger partial charge is 0.303 e. The SMILES string of the molecule is CC(C)CC1NN=Cc2ccccc21. The van der Waals surface area contributed by atoms with Crippen LogP contribution < -0.4 is 5.43 Å². The zero-order valence-electron chi connectivity index (χ0n) is 8.70. The van der Waals surface area contributed by atoms with E-state index < -0.39 is 0 Å². The van der Waals surface area contributed by atoms with E-state index in [1.165, 1.54) is 11.1 Å². The Morgan fingerprint density at radius 2 is 2.14 bits per heavy atom. The molecular formula is C12H16N2. The zero-order chi connectivity index (χ0) is 9.97. The highest BCUT2D eigenvalue weighted by Crippen LogP contribution is 2.25. The molecule has 0 aromatic heterocycles. The molecule has 1 aromatic carbocycles. The van der Waals surface area contributed by atoms with Gasteiger partial charge in [0.25, 0.3) is 0 Å². The summed E-state index contributed by atoms with van der Waals surface area (Å²) in [7, 11) is 0. The molecule has 1 unspecified atom stereocenters. The standard InChI is InChI=1S/C12H16N2/c1-9(2)7-12-11-6-4-3-5-10(11)8-13-14-12/h3-6,8-9,12,14H,7H2,1-2H3. The van der Waals surface area contributed by atoms with Gasteiger partial charge in [-0.05, 0) is 23.5 Å². The predicted octanol–water partition coefficient (Wildman–Crippen LogP) is 2.71. The van der Waals surface area contributed by atoms with Crippen LogP contribution in [0.25, 0.3) is 0 Å². The van der Waals surface area contributed by atoms with Gasteiger partial charge >= 0.3 is 0 Å². The molecule has 1 N–H and O–H groups in total. The maximum atomic E-state index is 4.18. The lowest BCUT2D eigenvalue weighted by atomic mass is 9.93. The number of rotatable bonds is 2. The van der Waals surface area contributed by atoms with Gasteiger partial charge in [-0.3, -0.25) is 0 Å². The van der Waals surface area contributed by atoms with Crippen molar-refractivity contribution in [3.8, 4) is 0 Å². The Morgan fingerprint density at radius 3 is 2.93 bits per heavy atom. The van der Waals surface area contributed by atoms with Gasteiger partial charge in [-0.2, -0.15) is 5.10 Å². The fourth-order valence-corrected chi connectivity index (χ4v) is 1.86. The van der Waals surface area contributed by atoms with E-state index in [-0.39, 0.29) is 0 Å². The summed E-state index contributed by atoms with van der Waals surface area (Å²) < 4.78 is 0. The molecule has 1 aromatic rings. The van der Waals surface area contributed by atoms with Gasteiger partial charge in [0.15, 0.2) is 0 Å². The molecule has 2 nitrogen and oxygen atoms in total. The summed E-state index contributed by atoms with van der Waals surface area (Å²) in [6.45, 7) is 4.48. The third kappa shape index (κ3) is 1.79. The molecule has 0 amide bonds. The van der Waals surface area contributed by atoms with E-state index in [9.17, 15) is 0 Å².